The van der Waals surface area contributed by atoms with E-state index in [0.29, 0.717) is 24.5 Å². The van der Waals surface area contributed by atoms with Gasteiger partial charge in [0.05, 0.1) is 4.87 Å². The molecule has 2 saturated heterocycles. The molecule has 2 amide bonds. The van der Waals surface area contributed by atoms with Crippen molar-refractivity contribution in [3.8, 4) is 5.82 Å². The average molecular weight is 357 g/mol. The van der Waals surface area contributed by atoms with E-state index in [2.05, 4.69) is 15.4 Å². The van der Waals surface area contributed by atoms with Gasteiger partial charge in [0.1, 0.15) is 6.04 Å². The Kier molecular flexibility index (Phi) is 3.99. The standard InChI is InChI=1S/C17H19N5O2S/c1-17-6-5-14(23)22(17)13(11-25-17)16(24)19-10-12-4-2-7-18-15(12)21-9-3-8-20-21/h2-4,7-9,13H,5-6,10-11H2,1H3,(H,19,24)/t13-,17-/m1/s1. The number of aromatic nitrogens is 3. The summed E-state index contributed by atoms with van der Waals surface area (Å²) in [5.41, 5.74) is 0.876. The fraction of sp³-hybridized carbons (Fsp3) is 0.412. The van der Waals surface area contributed by atoms with E-state index in [1.54, 1.807) is 33.7 Å². The van der Waals surface area contributed by atoms with Crippen molar-refractivity contribution in [2.24, 2.45) is 0 Å². The van der Waals surface area contributed by atoms with E-state index < -0.39 is 6.04 Å². The van der Waals surface area contributed by atoms with Crippen LogP contribution in [0.5, 0.6) is 0 Å². The van der Waals surface area contributed by atoms with Gasteiger partial charge in [-0.05, 0) is 25.5 Å². The van der Waals surface area contributed by atoms with Gasteiger partial charge < -0.3 is 10.2 Å². The Morgan fingerprint density at radius 2 is 2.32 bits per heavy atom. The first-order chi connectivity index (χ1) is 12.1. The molecule has 2 aliphatic rings. The second kappa shape index (κ2) is 6.18. The Hall–Kier alpha value is -2.35. The number of pyridine rings is 1. The van der Waals surface area contributed by atoms with Crippen molar-refractivity contribution in [2.45, 2.75) is 37.2 Å². The SMILES string of the molecule is C[C@@]12CCC(=O)N1[C@@H](C(=O)NCc1cccnc1-n1cccn1)CS2. The van der Waals surface area contributed by atoms with E-state index >= 15 is 0 Å². The molecule has 0 unspecified atom stereocenters. The number of carbonyl (C=O) groups excluding carboxylic acids is 2. The quantitative estimate of drug-likeness (QED) is 0.893. The lowest BCUT2D eigenvalue weighted by atomic mass is 10.2. The van der Waals surface area contributed by atoms with E-state index in [1.807, 2.05) is 31.3 Å². The molecule has 0 spiro atoms. The highest BCUT2D eigenvalue weighted by molar-refractivity contribution is 8.01. The third-order valence-corrected chi connectivity index (χ3v) is 6.29. The molecular formula is C17H19N5O2S. The third kappa shape index (κ3) is 2.80. The first kappa shape index (κ1) is 16.1. The number of carbonyl (C=O) groups is 2. The van der Waals surface area contributed by atoms with E-state index in [-0.39, 0.29) is 16.7 Å². The molecule has 2 atom stereocenters. The van der Waals surface area contributed by atoms with Crippen molar-refractivity contribution >= 4 is 23.6 Å². The van der Waals surface area contributed by atoms with Crippen LogP contribution in [0.3, 0.4) is 0 Å². The highest BCUT2D eigenvalue weighted by Gasteiger charge is 2.52. The van der Waals surface area contributed by atoms with E-state index in [9.17, 15) is 9.59 Å². The second-order valence-corrected chi connectivity index (χ2v) is 7.92. The van der Waals surface area contributed by atoms with Crippen molar-refractivity contribution in [3.05, 3.63) is 42.4 Å². The van der Waals surface area contributed by atoms with Gasteiger partial charge in [-0.25, -0.2) is 9.67 Å². The van der Waals surface area contributed by atoms with E-state index in [0.717, 1.165) is 12.0 Å². The van der Waals surface area contributed by atoms with Gasteiger partial charge in [-0.1, -0.05) is 6.07 Å². The third-order valence-electron chi connectivity index (χ3n) is 4.79. The van der Waals surface area contributed by atoms with Crippen LogP contribution in [0.1, 0.15) is 25.3 Å². The van der Waals surface area contributed by atoms with Crippen LogP contribution in [0, 0.1) is 0 Å². The van der Waals surface area contributed by atoms with E-state index in [1.165, 1.54) is 0 Å². The summed E-state index contributed by atoms with van der Waals surface area (Å²) in [5, 5.41) is 7.17. The molecule has 0 saturated carbocycles. The van der Waals surface area contributed by atoms with Crippen LogP contribution in [0.15, 0.2) is 36.8 Å². The van der Waals surface area contributed by atoms with Crippen molar-refractivity contribution in [2.75, 3.05) is 5.75 Å². The Morgan fingerprint density at radius 1 is 1.44 bits per heavy atom. The zero-order chi connectivity index (χ0) is 17.4. The molecule has 130 valence electrons. The summed E-state index contributed by atoms with van der Waals surface area (Å²) in [4.78, 5) is 30.7. The molecule has 2 aliphatic heterocycles. The molecule has 2 aromatic heterocycles. The molecule has 2 fully saturated rings. The second-order valence-electron chi connectivity index (χ2n) is 6.42. The molecule has 0 bridgehead atoms. The van der Waals surface area contributed by atoms with Gasteiger partial charge in [-0.3, -0.25) is 9.59 Å². The molecule has 0 radical (unpaired) electrons. The van der Waals surface area contributed by atoms with E-state index in [4.69, 9.17) is 0 Å². The van der Waals surface area contributed by atoms with Crippen molar-refractivity contribution in [1.82, 2.24) is 25.0 Å². The number of rotatable bonds is 4. The number of fused-ring (bicyclic) bond motifs is 1. The molecule has 4 rings (SSSR count). The molecule has 0 aromatic carbocycles. The minimum absolute atomic E-state index is 0.0752. The normalized spacial score (nSPS) is 25.2. The van der Waals surface area contributed by atoms with Gasteiger partial charge in [0.2, 0.25) is 11.8 Å². The monoisotopic (exact) mass is 357 g/mol. The van der Waals surface area contributed by atoms with Gasteiger partial charge >= 0.3 is 0 Å². The number of thioether (sulfide) groups is 1. The summed E-state index contributed by atoms with van der Waals surface area (Å²) in [6, 6.07) is 5.18. The number of nitrogens with one attached hydrogen (secondary N) is 1. The maximum atomic E-state index is 12.7. The molecule has 8 heteroatoms. The van der Waals surface area contributed by atoms with Crippen molar-refractivity contribution < 1.29 is 9.59 Å². The molecule has 2 aromatic rings. The van der Waals surface area contributed by atoms with Gasteiger partial charge in [0.25, 0.3) is 0 Å². The van der Waals surface area contributed by atoms with Crippen LogP contribution in [0.4, 0.5) is 0 Å². The number of hydrogen-bond donors (Lipinski definition) is 1. The minimum atomic E-state index is -0.394. The Labute approximate surface area is 149 Å². The van der Waals surface area contributed by atoms with Crippen molar-refractivity contribution in [3.63, 3.8) is 0 Å². The lowest BCUT2D eigenvalue weighted by molar-refractivity contribution is -0.138. The average Bonchev–Trinajstić information content (AvgIpc) is 3.31. The number of nitrogens with zero attached hydrogens (tertiary/aromatic N) is 4. The highest BCUT2D eigenvalue weighted by atomic mass is 32.2. The Bertz CT molecular complexity index is 809. The number of hydrogen-bond acceptors (Lipinski definition) is 5. The van der Waals surface area contributed by atoms with Gasteiger partial charge in [-0.15, -0.1) is 11.8 Å². The molecule has 25 heavy (non-hydrogen) atoms. The van der Waals surface area contributed by atoms with Gasteiger partial charge in [0.15, 0.2) is 5.82 Å². The molecular weight excluding hydrogens is 338 g/mol. The maximum Gasteiger partial charge on any atom is 0.243 e. The van der Waals surface area contributed by atoms with Crippen LogP contribution < -0.4 is 5.32 Å². The number of amides is 2. The Morgan fingerprint density at radius 3 is 3.12 bits per heavy atom. The largest absolute Gasteiger partial charge is 0.350 e. The summed E-state index contributed by atoms with van der Waals surface area (Å²) in [7, 11) is 0. The predicted molar refractivity (Wildman–Crippen MR) is 93.9 cm³/mol. The summed E-state index contributed by atoms with van der Waals surface area (Å²) in [5.74, 6) is 1.30. The minimum Gasteiger partial charge on any atom is -0.350 e. The zero-order valence-electron chi connectivity index (χ0n) is 13.9. The summed E-state index contributed by atoms with van der Waals surface area (Å²) < 4.78 is 1.67. The molecule has 1 N–H and O–H groups in total. The lowest BCUT2D eigenvalue weighted by Gasteiger charge is -2.29. The molecule has 7 nitrogen and oxygen atoms in total. The first-order valence-corrected chi connectivity index (χ1v) is 9.25. The van der Waals surface area contributed by atoms with Gasteiger partial charge in [0, 0.05) is 42.9 Å². The predicted octanol–water partition coefficient (Wildman–Crippen LogP) is 1.34. The van der Waals surface area contributed by atoms with Crippen LogP contribution in [-0.4, -0.2) is 48.1 Å². The highest BCUT2D eigenvalue weighted by Crippen LogP contribution is 2.47. The van der Waals surface area contributed by atoms with Crippen molar-refractivity contribution in [1.29, 1.82) is 0 Å². The smallest absolute Gasteiger partial charge is 0.243 e. The maximum absolute atomic E-state index is 12.7. The summed E-state index contributed by atoms with van der Waals surface area (Å²) in [6.07, 6.45) is 6.54. The van der Waals surface area contributed by atoms with Crippen LogP contribution in [0.2, 0.25) is 0 Å². The zero-order valence-corrected chi connectivity index (χ0v) is 14.7. The van der Waals surface area contributed by atoms with Crippen LogP contribution >= 0.6 is 11.8 Å². The van der Waals surface area contributed by atoms with Crippen LogP contribution in [-0.2, 0) is 16.1 Å². The fourth-order valence-corrected chi connectivity index (χ4v) is 4.92. The summed E-state index contributed by atoms with van der Waals surface area (Å²) in [6.45, 7) is 2.40. The molecule has 4 heterocycles. The van der Waals surface area contributed by atoms with Gasteiger partial charge in [-0.2, -0.15) is 5.10 Å². The fourth-order valence-electron chi connectivity index (χ4n) is 3.48. The molecule has 0 aliphatic carbocycles. The van der Waals surface area contributed by atoms with Crippen LogP contribution in [0.25, 0.3) is 5.82 Å². The summed E-state index contributed by atoms with van der Waals surface area (Å²) >= 11 is 1.70. The Balaban J connectivity index is 1.48. The lowest BCUT2D eigenvalue weighted by Crippen LogP contribution is -2.49. The first-order valence-electron chi connectivity index (χ1n) is 8.26. The topological polar surface area (TPSA) is 80.1 Å².